The molecule has 140 valence electrons. The lowest BCUT2D eigenvalue weighted by Gasteiger charge is -2.13. The Morgan fingerprint density at radius 2 is 2.15 bits per heavy atom. The van der Waals surface area contributed by atoms with Crippen molar-refractivity contribution in [1.82, 2.24) is 15.0 Å². The third-order valence-electron chi connectivity index (χ3n) is 4.45. The number of ether oxygens (including phenoxy) is 1. The largest absolute Gasteiger partial charge is 0.493 e. The Balaban J connectivity index is 1.29. The summed E-state index contributed by atoms with van der Waals surface area (Å²) in [4.78, 5) is 18.5. The molecule has 0 spiro atoms. The Hall–Kier alpha value is -3.16. The van der Waals surface area contributed by atoms with Gasteiger partial charge in [-0.1, -0.05) is 5.16 Å². The molecule has 0 radical (unpaired) electrons. The second-order valence-corrected chi connectivity index (χ2v) is 6.32. The van der Waals surface area contributed by atoms with Crippen LogP contribution in [0.25, 0.3) is 0 Å². The van der Waals surface area contributed by atoms with Gasteiger partial charge in [-0.15, -0.1) is 0 Å². The molecule has 1 fully saturated rings. The molecule has 0 N–H and O–H groups in total. The number of likely N-dealkylation sites (tertiary alicyclic amines) is 1. The predicted molar refractivity (Wildman–Crippen MR) is 91.9 cm³/mol. The van der Waals surface area contributed by atoms with Gasteiger partial charge in [0, 0.05) is 19.5 Å². The fourth-order valence-corrected chi connectivity index (χ4v) is 3.03. The zero-order valence-electron chi connectivity index (χ0n) is 14.5. The Morgan fingerprint density at radius 3 is 2.93 bits per heavy atom. The van der Waals surface area contributed by atoms with Crippen LogP contribution in [0.2, 0.25) is 0 Å². The van der Waals surface area contributed by atoms with Gasteiger partial charge >= 0.3 is 0 Å². The summed E-state index contributed by atoms with van der Waals surface area (Å²) in [5, 5.41) is 3.98. The maximum atomic E-state index is 12.9. The molecule has 1 amide bonds. The molecule has 1 saturated heterocycles. The van der Waals surface area contributed by atoms with Crippen molar-refractivity contribution in [2.45, 2.75) is 18.8 Å². The normalized spacial score (nSPS) is 16.6. The number of furan rings is 1. The summed E-state index contributed by atoms with van der Waals surface area (Å²) in [5.74, 6) is 1.58. The second-order valence-electron chi connectivity index (χ2n) is 6.32. The van der Waals surface area contributed by atoms with E-state index >= 15 is 0 Å². The van der Waals surface area contributed by atoms with Crippen molar-refractivity contribution in [2.24, 2.45) is 0 Å². The van der Waals surface area contributed by atoms with Gasteiger partial charge in [-0.3, -0.25) is 4.79 Å². The molecule has 0 bridgehead atoms. The predicted octanol–water partition coefficient (Wildman–Crippen LogP) is 3.05. The zero-order valence-corrected chi connectivity index (χ0v) is 14.5. The van der Waals surface area contributed by atoms with Gasteiger partial charge in [0.05, 0.1) is 18.8 Å². The number of amides is 1. The van der Waals surface area contributed by atoms with Crippen LogP contribution in [0.15, 0.2) is 51.6 Å². The number of carbonyl (C=O) groups excluding carboxylic acids is 1. The van der Waals surface area contributed by atoms with E-state index in [2.05, 4.69) is 10.1 Å². The molecule has 1 unspecified atom stereocenters. The van der Waals surface area contributed by atoms with E-state index < -0.39 is 0 Å². The Kier molecular flexibility index (Phi) is 4.86. The fourth-order valence-electron chi connectivity index (χ4n) is 3.03. The summed E-state index contributed by atoms with van der Waals surface area (Å²) in [6.45, 7) is 1.50. The second kappa shape index (κ2) is 7.61. The van der Waals surface area contributed by atoms with Crippen molar-refractivity contribution in [1.29, 1.82) is 0 Å². The minimum Gasteiger partial charge on any atom is -0.493 e. The third kappa shape index (κ3) is 3.99. The molecule has 1 aromatic carbocycles. The minimum atomic E-state index is -0.304. The van der Waals surface area contributed by atoms with Gasteiger partial charge in [0.2, 0.25) is 5.89 Å². The van der Waals surface area contributed by atoms with E-state index in [0.29, 0.717) is 49.3 Å². The van der Waals surface area contributed by atoms with E-state index in [1.54, 1.807) is 29.2 Å². The summed E-state index contributed by atoms with van der Waals surface area (Å²) in [5.41, 5.74) is 0. The maximum Gasteiger partial charge on any atom is 0.289 e. The number of rotatable bonds is 6. The lowest BCUT2D eigenvalue weighted by atomic mass is 10.1. The number of halogens is 1. The molecular formula is C19H18FN3O4. The summed E-state index contributed by atoms with van der Waals surface area (Å²) in [6, 6.07) is 9.18. The molecule has 4 rings (SSSR count). The molecule has 0 aliphatic carbocycles. The van der Waals surface area contributed by atoms with Crippen molar-refractivity contribution in [3.05, 3.63) is 66.0 Å². The van der Waals surface area contributed by atoms with E-state index in [1.807, 2.05) is 0 Å². The van der Waals surface area contributed by atoms with Crippen molar-refractivity contribution in [2.75, 3.05) is 19.7 Å². The molecule has 3 aromatic rings. The van der Waals surface area contributed by atoms with Crippen LogP contribution in [0.5, 0.6) is 5.75 Å². The van der Waals surface area contributed by atoms with E-state index in [9.17, 15) is 9.18 Å². The highest BCUT2D eigenvalue weighted by Crippen LogP contribution is 2.27. The molecule has 1 aliphatic heterocycles. The first-order chi connectivity index (χ1) is 13.2. The fraction of sp³-hybridized carbons (Fsp3) is 0.316. The van der Waals surface area contributed by atoms with Gasteiger partial charge in [-0.2, -0.15) is 4.98 Å². The molecule has 1 aliphatic rings. The van der Waals surface area contributed by atoms with Gasteiger partial charge in [-0.25, -0.2) is 4.39 Å². The summed E-state index contributed by atoms with van der Waals surface area (Å²) in [7, 11) is 0. The number of aromatic nitrogens is 2. The van der Waals surface area contributed by atoms with Gasteiger partial charge in [0.1, 0.15) is 11.6 Å². The monoisotopic (exact) mass is 371 g/mol. The molecular weight excluding hydrogens is 353 g/mol. The Morgan fingerprint density at radius 1 is 1.30 bits per heavy atom. The Labute approximate surface area is 154 Å². The molecule has 8 heteroatoms. The van der Waals surface area contributed by atoms with Crippen LogP contribution < -0.4 is 4.74 Å². The third-order valence-corrected chi connectivity index (χ3v) is 4.45. The molecule has 0 saturated carbocycles. The van der Waals surface area contributed by atoms with E-state index in [0.717, 1.165) is 6.42 Å². The number of carbonyl (C=O) groups is 1. The van der Waals surface area contributed by atoms with Crippen LogP contribution in [-0.4, -0.2) is 40.6 Å². The van der Waals surface area contributed by atoms with E-state index in [-0.39, 0.29) is 17.6 Å². The smallest absolute Gasteiger partial charge is 0.289 e. The molecule has 1 atom stereocenters. The average molecular weight is 371 g/mol. The van der Waals surface area contributed by atoms with Crippen molar-refractivity contribution < 1.29 is 22.9 Å². The van der Waals surface area contributed by atoms with Gasteiger partial charge in [-0.05, 0) is 42.8 Å². The van der Waals surface area contributed by atoms with Crippen LogP contribution in [0.4, 0.5) is 4.39 Å². The first-order valence-corrected chi connectivity index (χ1v) is 8.72. The average Bonchev–Trinajstić information content (AvgIpc) is 3.44. The van der Waals surface area contributed by atoms with Crippen LogP contribution in [0.1, 0.15) is 34.6 Å². The van der Waals surface area contributed by atoms with Gasteiger partial charge in [0.25, 0.3) is 5.91 Å². The SMILES string of the molecule is O=C(c1ccco1)N1CCC(c2nc(CCOc3ccc(F)cc3)no2)C1. The number of hydrogen-bond acceptors (Lipinski definition) is 6. The summed E-state index contributed by atoms with van der Waals surface area (Å²) >= 11 is 0. The van der Waals surface area contributed by atoms with Crippen LogP contribution >= 0.6 is 0 Å². The molecule has 2 aromatic heterocycles. The van der Waals surface area contributed by atoms with E-state index in [4.69, 9.17) is 13.7 Å². The minimum absolute atomic E-state index is 0.0168. The first kappa shape index (κ1) is 17.3. The van der Waals surface area contributed by atoms with Crippen molar-refractivity contribution >= 4 is 5.91 Å². The van der Waals surface area contributed by atoms with Crippen molar-refractivity contribution in [3.63, 3.8) is 0 Å². The highest BCUT2D eigenvalue weighted by atomic mass is 19.1. The summed E-state index contributed by atoms with van der Waals surface area (Å²) < 4.78 is 28.9. The number of hydrogen-bond donors (Lipinski definition) is 0. The van der Waals surface area contributed by atoms with Crippen LogP contribution in [0.3, 0.4) is 0 Å². The van der Waals surface area contributed by atoms with Crippen molar-refractivity contribution in [3.8, 4) is 5.75 Å². The number of benzene rings is 1. The summed E-state index contributed by atoms with van der Waals surface area (Å²) in [6.07, 6.45) is 2.72. The van der Waals surface area contributed by atoms with Crippen LogP contribution in [-0.2, 0) is 6.42 Å². The first-order valence-electron chi connectivity index (χ1n) is 8.72. The topological polar surface area (TPSA) is 81.6 Å². The van der Waals surface area contributed by atoms with Gasteiger partial charge < -0.3 is 18.6 Å². The zero-order chi connectivity index (χ0) is 18.6. The van der Waals surface area contributed by atoms with Gasteiger partial charge in [0.15, 0.2) is 11.6 Å². The lowest BCUT2D eigenvalue weighted by Crippen LogP contribution is -2.28. The highest BCUT2D eigenvalue weighted by molar-refractivity contribution is 5.91. The lowest BCUT2D eigenvalue weighted by molar-refractivity contribution is 0.0758. The molecule has 3 heterocycles. The maximum absolute atomic E-state index is 12.9. The van der Waals surface area contributed by atoms with Crippen LogP contribution in [0, 0.1) is 5.82 Å². The molecule has 27 heavy (non-hydrogen) atoms. The standard InChI is InChI=1S/C19H18FN3O4/c20-14-3-5-15(6-4-14)25-11-8-17-21-18(27-22-17)13-7-9-23(12-13)19(24)16-2-1-10-26-16/h1-6,10,13H,7-9,11-12H2. The van der Waals surface area contributed by atoms with E-state index in [1.165, 1.54) is 18.4 Å². The quantitative estimate of drug-likeness (QED) is 0.662. The Bertz CT molecular complexity index is 892. The number of nitrogens with zero attached hydrogens (tertiary/aromatic N) is 3. The highest BCUT2D eigenvalue weighted by Gasteiger charge is 2.32. The molecule has 7 nitrogen and oxygen atoms in total.